The van der Waals surface area contributed by atoms with Gasteiger partial charge in [-0.2, -0.15) is 0 Å². The van der Waals surface area contributed by atoms with Crippen LogP contribution in [-0.4, -0.2) is 27.2 Å². The minimum atomic E-state index is -0.367. The Morgan fingerprint density at radius 3 is 2.52 bits per heavy atom. The maximum atomic E-state index is 12.8. The standard InChI is InChI=1S/C21H22N2O3S/c1-4-23-20(25)17-8-6-7-9-18(17)22-21(23)27-14(3)19(24)15-10-12-16(13-11-15)26-5-2/h6-14H,4-5H2,1-3H3/t14-/m1/s1. The minimum absolute atomic E-state index is 0.00638. The Kier molecular flexibility index (Phi) is 5.96. The summed E-state index contributed by atoms with van der Waals surface area (Å²) in [6, 6.07) is 14.4. The molecule has 3 aromatic rings. The molecule has 140 valence electrons. The third-order valence-corrected chi connectivity index (χ3v) is 5.33. The summed E-state index contributed by atoms with van der Waals surface area (Å²) < 4.78 is 7.04. The molecule has 0 aliphatic heterocycles. The van der Waals surface area contributed by atoms with Gasteiger partial charge in [-0.15, -0.1) is 0 Å². The highest BCUT2D eigenvalue weighted by Gasteiger charge is 2.20. The van der Waals surface area contributed by atoms with Gasteiger partial charge < -0.3 is 4.74 Å². The van der Waals surface area contributed by atoms with E-state index in [0.717, 1.165) is 5.75 Å². The van der Waals surface area contributed by atoms with Gasteiger partial charge in [-0.05, 0) is 57.2 Å². The third-order valence-electron chi connectivity index (χ3n) is 4.24. The van der Waals surface area contributed by atoms with E-state index in [0.29, 0.717) is 34.8 Å². The van der Waals surface area contributed by atoms with E-state index in [4.69, 9.17) is 4.74 Å². The maximum absolute atomic E-state index is 12.8. The lowest BCUT2D eigenvalue weighted by atomic mass is 10.1. The Morgan fingerprint density at radius 2 is 1.85 bits per heavy atom. The summed E-state index contributed by atoms with van der Waals surface area (Å²) in [7, 11) is 0. The van der Waals surface area contributed by atoms with Gasteiger partial charge in [-0.3, -0.25) is 14.2 Å². The van der Waals surface area contributed by atoms with E-state index in [1.807, 2.05) is 39.0 Å². The number of hydrogen-bond acceptors (Lipinski definition) is 5. The molecule has 0 N–H and O–H groups in total. The van der Waals surface area contributed by atoms with Gasteiger partial charge in [0.25, 0.3) is 5.56 Å². The van der Waals surface area contributed by atoms with Gasteiger partial charge in [0.05, 0.1) is 22.8 Å². The van der Waals surface area contributed by atoms with Crippen molar-refractivity contribution in [1.82, 2.24) is 9.55 Å². The normalized spacial score (nSPS) is 12.1. The molecule has 3 rings (SSSR count). The first-order valence-electron chi connectivity index (χ1n) is 8.98. The first-order chi connectivity index (χ1) is 13.0. The highest BCUT2D eigenvalue weighted by Crippen LogP contribution is 2.25. The van der Waals surface area contributed by atoms with E-state index < -0.39 is 0 Å². The molecule has 0 radical (unpaired) electrons. The molecule has 0 fully saturated rings. The molecule has 0 saturated carbocycles. The fourth-order valence-electron chi connectivity index (χ4n) is 2.84. The number of nitrogens with zero attached hydrogens (tertiary/aromatic N) is 2. The quantitative estimate of drug-likeness (QED) is 0.348. The molecule has 27 heavy (non-hydrogen) atoms. The molecule has 1 atom stereocenters. The van der Waals surface area contributed by atoms with Crippen molar-refractivity contribution >= 4 is 28.4 Å². The lowest BCUT2D eigenvalue weighted by Gasteiger charge is -2.15. The largest absolute Gasteiger partial charge is 0.494 e. The molecule has 6 heteroatoms. The lowest BCUT2D eigenvalue weighted by molar-refractivity contribution is 0.0994. The molecular formula is C21H22N2O3S. The van der Waals surface area contributed by atoms with Crippen molar-refractivity contribution in [2.75, 3.05) is 6.61 Å². The summed E-state index contributed by atoms with van der Waals surface area (Å²) in [5, 5.41) is 0.788. The van der Waals surface area contributed by atoms with Crippen LogP contribution in [0.15, 0.2) is 58.5 Å². The van der Waals surface area contributed by atoms with Crippen molar-refractivity contribution in [3.8, 4) is 5.75 Å². The maximum Gasteiger partial charge on any atom is 0.262 e. The van der Waals surface area contributed by atoms with E-state index in [9.17, 15) is 9.59 Å². The van der Waals surface area contributed by atoms with E-state index in [-0.39, 0.29) is 16.6 Å². The minimum Gasteiger partial charge on any atom is -0.494 e. The number of benzene rings is 2. The molecule has 0 saturated heterocycles. The topological polar surface area (TPSA) is 61.2 Å². The Bertz CT molecular complexity index is 1010. The number of thioether (sulfide) groups is 1. The molecule has 1 aromatic heterocycles. The summed E-state index contributed by atoms with van der Waals surface area (Å²) in [4.78, 5) is 30.1. The molecule has 0 bridgehead atoms. The third kappa shape index (κ3) is 4.06. The summed E-state index contributed by atoms with van der Waals surface area (Å²) in [6.45, 7) is 6.75. The number of fused-ring (bicyclic) bond motifs is 1. The van der Waals surface area contributed by atoms with Crippen LogP contribution in [-0.2, 0) is 6.54 Å². The van der Waals surface area contributed by atoms with Gasteiger partial charge in [0.15, 0.2) is 10.9 Å². The van der Waals surface area contributed by atoms with Crippen molar-refractivity contribution < 1.29 is 9.53 Å². The molecule has 0 aliphatic carbocycles. The van der Waals surface area contributed by atoms with E-state index >= 15 is 0 Å². The van der Waals surface area contributed by atoms with Crippen LogP contribution in [0.4, 0.5) is 0 Å². The van der Waals surface area contributed by atoms with Crippen LogP contribution in [0.2, 0.25) is 0 Å². The first kappa shape index (κ1) is 19.2. The fourth-order valence-corrected chi connectivity index (χ4v) is 3.89. The monoisotopic (exact) mass is 382 g/mol. The zero-order valence-electron chi connectivity index (χ0n) is 15.6. The molecule has 2 aromatic carbocycles. The molecule has 0 spiro atoms. The van der Waals surface area contributed by atoms with E-state index in [2.05, 4.69) is 4.98 Å². The van der Waals surface area contributed by atoms with Crippen LogP contribution < -0.4 is 10.3 Å². The van der Waals surface area contributed by atoms with Crippen molar-refractivity contribution in [3.05, 3.63) is 64.4 Å². The van der Waals surface area contributed by atoms with Gasteiger partial charge in [0.1, 0.15) is 5.75 Å². The van der Waals surface area contributed by atoms with Crippen LogP contribution in [0, 0.1) is 0 Å². The second kappa shape index (κ2) is 8.39. The number of aromatic nitrogens is 2. The number of carbonyl (C=O) groups is 1. The predicted molar refractivity (Wildman–Crippen MR) is 109 cm³/mol. The zero-order valence-corrected chi connectivity index (χ0v) is 16.5. The Hall–Kier alpha value is -2.60. The van der Waals surface area contributed by atoms with Gasteiger partial charge in [0, 0.05) is 12.1 Å². The Morgan fingerprint density at radius 1 is 1.15 bits per heavy atom. The smallest absolute Gasteiger partial charge is 0.262 e. The lowest BCUT2D eigenvalue weighted by Crippen LogP contribution is -2.24. The van der Waals surface area contributed by atoms with E-state index in [1.54, 1.807) is 34.9 Å². The number of hydrogen-bond donors (Lipinski definition) is 0. The van der Waals surface area contributed by atoms with Crippen LogP contribution >= 0.6 is 11.8 Å². The van der Waals surface area contributed by atoms with Gasteiger partial charge in [-0.1, -0.05) is 23.9 Å². The average molecular weight is 382 g/mol. The van der Waals surface area contributed by atoms with Crippen LogP contribution in [0.5, 0.6) is 5.75 Å². The van der Waals surface area contributed by atoms with Gasteiger partial charge >= 0.3 is 0 Å². The SMILES string of the molecule is CCOc1ccc(C(=O)[C@@H](C)Sc2nc3ccccc3c(=O)n2CC)cc1. The fraction of sp³-hybridized carbons (Fsp3) is 0.286. The van der Waals surface area contributed by atoms with Crippen molar-refractivity contribution in [2.45, 2.75) is 37.7 Å². The molecule has 0 amide bonds. The summed E-state index contributed by atoms with van der Waals surface area (Å²) >= 11 is 1.31. The van der Waals surface area contributed by atoms with Gasteiger partial charge in [-0.25, -0.2) is 4.98 Å². The number of para-hydroxylation sites is 1. The summed E-state index contributed by atoms with van der Waals surface area (Å²) in [5.74, 6) is 0.735. The molecule has 1 heterocycles. The van der Waals surface area contributed by atoms with Crippen LogP contribution in [0.3, 0.4) is 0 Å². The average Bonchev–Trinajstić information content (AvgIpc) is 2.68. The number of Topliss-reactive ketones (excluding diaryl/α,β-unsaturated/α-hetero) is 1. The van der Waals surface area contributed by atoms with Gasteiger partial charge in [0.2, 0.25) is 0 Å². The highest BCUT2D eigenvalue weighted by atomic mass is 32.2. The highest BCUT2D eigenvalue weighted by molar-refractivity contribution is 8.00. The second-order valence-electron chi connectivity index (χ2n) is 6.04. The summed E-state index contributed by atoms with van der Waals surface area (Å²) in [6.07, 6.45) is 0. The van der Waals surface area contributed by atoms with Crippen LogP contribution in [0.25, 0.3) is 10.9 Å². The number of carbonyl (C=O) groups excluding carboxylic acids is 1. The predicted octanol–water partition coefficient (Wildman–Crippen LogP) is 4.18. The van der Waals surface area contributed by atoms with Crippen molar-refractivity contribution in [2.24, 2.45) is 0 Å². The van der Waals surface area contributed by atoms with Crippen molar-refractivity contribution in [1.29, 1.82) is 0 Å². The molecule has 5 nitrogen and oxygen atoms in total. The zero-order chi connectivity index (χ0) is 19.4. The van der Waals surface area contributed by atoms with E-state index in [1.165, 1.54) is 11.8 Å². The Balaban J connectivity index is 1.87. The number of rotatable bonds is 7. The number of ketones is 1. The Labute approximate surface area is 162 Å². The molecule has 0 unspecified atom stereocenters. The van der Waals surface area contributed by atoms with Crippen LogP contribution in [0.1, 0.15) is 31.1 Å². The second-order valence-corrected chi connectivity index (χ2v) is 7.35. The molecule has 0 aliphatic rings. The summed E-state index contributed by atoms with van der Waals surface area (Å²) in [5.41, 5.74) is 1.19. The number of ether oxygens (including phenoxy) is 1. The first-order valence-corrected chi connectivity index (χ1v) is 9.86. The molecular weight excluding hydrogens is 360 g/mol. The van der Waals surface area contributed by atoms with Crippen molar-refractivity contribution in [3.63, 3.8) is 0 Å².